The molecule has 0 radical (unpaired) electrons. The SMILES string of the molecule is CC(O)(c1ccc(C2=C(c3ccc(Cl)cc3Cl)CCCc3cc(C(=O)O)ccc32)cc1)C1CN(CCCF)C1. The zero-order valence-corrected chi connectivity index (χ0v) is 23.4. The maximum atomic E-state index is 12.5. The fourth-order valence-corrected chi connectivity index (χ4v) is 6.38. The maximum Gasteiger partial charge on any atom is 0.335 e. The van der Waals surface area contributed by atoms with Gasteiger partial charge in [0.25, 0.3) is 0 Å². The minimum atomic E-state index is -1.00. The second-order valence-electron chi connectivity index (χ2n) is 10.7. The Morgan fingerprint density at radius 1 is 1.03 bits per heavy atom. The van der Waals surface area contributed by atoms with Gasteiger partial charge in [0, 0.05) is 35.6 Å². The first kappa shape index (κ1) is 27.9. The highest BCUT2D eigenvalue weighted by Crippen LogP contribution is 2.43. The summed E-state index contributed by atoms with van der Waals surface area (Å²) in [5.74, 6) is -0.863. The number of rotatable bonds is 8. The fourth-order valence-electron chi connectivity index (χ4n) is 5.86. The van der Waals surface area contributed by atoms with Crippen LogP contribution in [0.1, 0.15) is 64.4 Å². The maximum absolute atomic E-state index is 12.5. The molecule has 3 aromatic rings. The Morgan fingerprint density at radius 3 is 2.41 bits per heavy atom. The molecule has 1 unspecified atom stereocenters. The highest BCUT2D eigenvalue weighted by molar-refractivity contribution is 6.36. The van der Waals surface area contributed by atoms with Gasteiger partial charge in [-0.2, -0.15) is 0 Å². The van der Waals surface area contributed by atoms with Gasteiger partial charge in [-0.3, -0.25) is 4.39 Å². The Morgan fingerprint density at radius 2 is 1.74 bits per heavy atom. The first-order valence-electron chi connectivity index (χ1n) is 13.4. The van der Waals surface area contributed by atoms with Gasteiger partial charge in [0.1, 0.15) is 0 Å². The van der Waals surface area contributed by atoms with E-state index in [1.807, 2.05) is 49.4 Å². The lowest BCUT2D eigenvalue weighted by Crippen LogP contribution is -2.55. The summed E-state index contributed by atoms with van der Waals surface area (Å²) in [7, 11) is 0. The van der Waals surface area contributed by atoms with Crippen molar-refractivity contribution in [1.29, 1.82) is 0 Å². The number of carboxylic acids is 1. The number of aliphatic hydroxyl groups is 1. The summed E-state index contributed by atoms with van der Waals surface area (Å²) < 4.78 is 12.5. The smallest absolute Gasteiger partial charge is 0.335 e. The molecule has 1 heterocycles. The van der Waals surface area contributed by atoms with Crippen LogP contribution in [-0.4, -0.2) is 47.4 Å². The second-order valence-corrected chi connectivity index (χ2v) is 11.6. The number of aryl methyl sites for hydroxylation is 1. The molecule has 0 bridgehead atoms. The third-order valence-corrected chi connectivity index (χ3v) is 8.72. The van der Waals surface area contributed by atoms with Gasteiger partial charge in [-0.15, -0.1) is 0 Å². The van der Waals surface area contributed by atoms with Crippen molar-refractivity contribution in [2.75, 3.05) is 26.3 Å². The number of fused-ring (bicyclic) bond motifs is 1. The molecule has 1 aliphatic carbocycles. The summed E-state index contributed by atoms with van der Waals surface area (Å²) in [6, 6.07) is 18.9. The molecule has 3 aromatic carbocycles. The molecular formula is C32H32Cl2FNO3. The van der Waals surface area contributed by atoms with Crippen LogP contribution in [0.2, 0.25) is 10.0 Å². The molecule has 0 saturated carbocycles. The van der Waals surface area contributed by atoms with Crippen LogP contribution in [0.25, 0.3) is 11.1 Å². The van der Waals surface area contributed by atoms with Gasteiger partial charge in [-0.1, -0.05) is 59.6 Å². The van der Waals surface area contributed by atoms with Crippen LogP contribution < -0.4 is 0 Å². The quantitative estimate of drug-likeness (QED) is 0.296. The van der Waals surface area contributed by atoms with Gasteiger partial charge in [-0.05, 0) is 95.8 Å². The lowest BCUT2D eigenvalue weighted by Gasteiger charge is -2.47. The van der Waals surface area contributed by atoms with Crippen LogP contribution >= 0.6 is 23.2 Å². The standard InChI is InChI=1S/C32H32Cl2FNO3/c1-32(39,24-18-36(19-24)15-3-14-35)23-9-6-20(7-10-23)30-26-12-8-22(31(37)38)16-21(26)4-2-5-28(30)27-13-11-25(33)17-29(27)34/h6-13,16-17,24,39H,2-5,14-15,18-19H2,1H3,(H,37,38). The molecule has 39 heavy (non-hydrogen) atoms. The van der Waals surface area contributed by atoms with E-state index in [0.29, 0.717) is 16.5 Å². The van der Waals surface area contributed by atoms with Gasteiger partial charge >= 0.3 is 5.97 Å². The average molecular weight is 569 g/mol. The van der Waals surface area contributed by atoms with Crippen LogP contribution in [0.4, 0.5) is 4.39 Å². The number of hydrogen-bond acceptors (Lipinski definition) is 3. The fraction of sp³-hybridized carbons (Fsp3) is 0.344. The van der Waals surface area contributed by atoms with Crippen molar-refractivity contribution in [3.05, 3.63) is 104 Å². The molecule has 0 spiro atoms. The summed E-state index contributed by atoms with van der Waals surface area (Å²) in [6.07, 6.45) is 2.89. The second kappa shape index (κ2) is 11.4. The number of likely N-dealkylation sites (tertiary alicyclic amines) is 1. The van der Waals surface area contributed by atoms with Crippen LogP contribution in [-0.2, 0) is 12.0 Å². The van der Waals surface area contributed by atoms with E-state index in [2.05, 4.69) is 4.90 Å². The Labute approximate surface area is 238 Å². The van der Waals surface area contributed by atoms with Crippen LogP contribution in [0.5, 0.6) is 0 Å². The number of carboxylic acid groups (broad SMARTS) is 1. The van der Waals surface area contributed by atoms with E-state index in [-0.39, 0.29) is 18.2 Å². The Bertz CT molecular complexity index is 1410. The Hall–Kier alpha value is -2.70. The third-order valence-electron chi connectivity index (χ3n) is 8.17. The van der Waals surface area contributed by atoms with Crippen molar-refractivity contribution in [2.24, 2.45) is 5.92 Å². The van der Waals surface area contributed by atoms with Gasteiger partial charge < -0.3 is 15.1 Å². The van der Waals surface area contributed by atoms with Gasteiger partial charge in [0.15, 0.2) is 0 Å². The van der Waals surface area contributed by atoms with E-state index in [0.717, 1.165) is 77.9 Å². The van der Waals surface area contributed by atoms with Crippen molar-refractivity contribution in [3.63, 3.8) is 0 Å². The molecular weight excluding hydrogens is 536 g/mol. The van der Waals surface area contributed by atoms with E-state index in [1.165, 1.54) is 0 Å². The molecule has 0 amide bonds. The summed E-state index contributed by atoms with van der Waals surface area (Å²) in [4.78, 5) is 13.9. The topological polar surface area (TPSA) is 60.8 Å². The molecule has 1 fully saturated rings. The number of hydrogen-bond donors (Lipinski definition) is 2. The van der Waals surface area contributed by atoms with E-state index < -0.39 is 11.6 Å². The van der Waals surface area contributed by atoms with Crippen molar-refractivity contribution in [1.82, 2.24) is 4.90 Å². The number of alkyl halides is 1. The highest BCUT2D eigenvalue weighted by Gasteiger charge is 2.41. The Balaban J connectivity index is 1.56. The summed E-state index contributed by atoms with van der Waals surface area (Å²) >= 11 is 12.9. The number of aromatic carboxylic acids is 1. The predicted molar refractivity (Wildman–Crippen MR) is 155 cm³/mol. The largest absolute Gasteiger partial charge is 0.478 e. The monoisotopic (exact) mass is 567 g/mol. The van der Waals surface area contributed by atoms with E-state index >= 15 is 0 Å². The van der Waals surface area contributed by atoms with Crippen molar-refractivity contribution < 1.29 is 19.4 Å². The van der Waals surface area contributed by atoms with Gasteiger partial charge in [0.05, 0.1) is 17.8 Å². The number of allylic oxidation sites excluding steroid dienone is 1. The van der Waals surface area contributed by atoms with Crippen LogP contribution in [0.15, 0.2) is 60.7 Å². The first-order chi connectivity index (χ1) is 18.7. The first-order valence-corrected chi connectivity index (χ1v) is 14.1. The molecule has 2 N–H and O–H groups in total. The van der Waals surface area contributed by atoms with Crippen molar-refractivity contribution in [2.45, 2.75) is 38.2 Å². The molecule has 7 heteroatoms. The lowest BCUT2D eigenvalue weighted by atomic mass is 9.77. The molecule has 2 aliphatic rings. The van der Waals surface area contributed by atoms with Crippen LogP contribution in [0, 0.1) is 5.92 Å². The number of halogens is 3. The number of carbonyl (C=O) groups is 1. The van der Waals surface area contributed by atoms with Crippen molar-refractivity contribution >= 4 is 40.3 Å². The van der Waals surface area contributed by atoms with Gasteiger partial charge in [-0.25, -0.2) is 4.79 Å². The molecule has 4 nitrogen and oxygen atoms in total. The van der Waals surface area contributed by atoms with Crippen molar-refractivity contribution in [3.8, 4) is 0 Å². The Kier molecular flexibility index (Phi) is 8.16. The van der Waals surface area contributed by atoms with Crippen LogP contribution in [0.3, 0.4) is 0 Å². The predicted octanol–water partition coefficient (Wildman–Crippen LogP) is 7.49. The molecule has 204 valence electrons. The zero-order valence-electron chi connectivity index (χ0n) is 21.9. The third kappa shape index (κ3) is 5.64. The van der Waals surface area contributed by atoms with E-state index in [1.54, 1.807) is 18.2 Å². The normalized spacial score (nSPS) is 17.8. The van der Waals surface area contributed by atoms with Gasteiger partial charge in [0.2, 0.25) is 0 Å². The summed E-state index contributed by atoms with van der Waals surface area (Å²) in [5, 5.41) is 22.1. The molecule has 0 aromatic heterocycles. The van der Waals surface area contributed by atoms with E-state index in [9.17, 15) is 19.4 Å². The minimum absolute atomic E-state index is 0.0821. The summed E-state index contributed by atoms with van der Waals surface area (Å²) in [6.45, 7) is 3.75. The zero-order chi connectivity index (χ0) is 27.7. The number of nitrogens with zero attached hydrogens (tertiary/aromatic N) is 1. The molecule has 1 aliphatic heterocycles. The average Bonchev–Trinajstić information content (AvgIpc) is 3.07. The minimum Gasteiger partial charge on any atom is -0.478 e. The molecule has 1 atom stereocenters. The molecule has 5 rings (SSSR count). The molecule has 1 saturated heterocycles. The summed E-state index contributed by atoms with van der Waals surface area (Å²) in [5.41, 5.74) is 6.06. The number of benzene rings is 3. The lowest BCUT2D eigenvalue weighted by molar-refractivity contribution is -0.0796. The highest BCUT2D eigenvalue weighted by atomic mass is 35.5. The van der Waals surface area contributed by atoms with E-state index in [4.69, 9.17) is 23.2 Å².